The highest BCUT2D eigenvalue weighted by Crippen LogP contribution is 2.42. The first-order chi connectivity index (χ1) is 20.0. The topological polar surface area (TPSA) is 124 Å². The Labute approximate surface area is 251 Å². The quantitative estimate of drug-likeness (QED) is 0.341. The van der Waals surface area contributed by atoms with E-state index in [0.29, 0.717) is 17.6 Å². The van der Waals surface area contributed by atoms with Gasteiger partial charge in [0.25, 0.3) is 0 Å². The van der Waals surface area contributed by atoms with Crippen molar-refractivity contribution in [1.29, 1.82) is 0 Å². The van der Waals surface area contributed by atoms with Gasteiger partial charge >= 0.3 is 0 Å². The number of anilines is 4. The summed E-state index contributed by atoms with van der Waals surface area (Å²) < 4.78 is 39.9. The van der Waals surface area contributed by atoms with E-state index in [1.54, 1.807) is 27.1 Å². The summed E-state index contributed by atoms with van der Waals surface area (Å²) in [6.45, 7) is 7.30. The Balaban J connectivity index is 1.28. The lowest BCUT2D eigenvalue weighted by atomic mass is 9.82. The Bertz CT molecular complexity index is 1570. The first-order valence-corrected chi connectivity index (χ1v) is 16.4. The fraction of sp³-hybridized carbons (Fsp3) is 0.552. The molecule has 4 heterocycles. The Hall–Kier alpha value is -2.93. The number of benzene rings is 1. The molecule has 42 heavy (non-hydrogen) atoms. The van der Waals surface area contributed by atoms with E-state index < -0.39 is 15.1 Å². The van der Waals surface area contributed by atoms with E-state index in [-0.39, 0.29) is 34.2 Å². The zero-order valence-electron chi connectivity index (χ0n) is 24.6. The normalized spacial score (nSPS) is 22.8. The van der Waals surface area contributed by atoms with Crippen LogP contribution in [0.25, 0.3) is 0 Å². The van der Waals surface area contributed by atoms with Gasteiger partial charge in [0.2, 0.25) is 20.8 Å². The van der Waals surface area contributed by atoms with Crippen LogP contribution in [0, 0.1) is 6.92 Å². The highest BCUT2D eigenvalue weighted by molar-refractivity contribution is 7.92. The smallest absolute Gasteiger partial charge is 0.229 e. The van der Waals surface area contributed by atoms with Crippen LogP contribution in [-0.2, 0) is 21.6 Å². The Morgan fingerprint density at radius 3 is 2.48 bits per heavy atom. The third kappa shape index (κ3) is 6.08. The summed E-state index contributed by atoms with van der Waals surface area (Å²) in [4.78, 5) is 11.3. The molecule has 2 bridgehead atoms. The van der Waals surface area contributed by atoms with Gasteiger partial charge in [-0.2, -0.15) is 10.1 Å². The average molecular weight is 616 g/mol. The molecule has 2 saturated heterocycles. The number of halogens is 1. The minimum Gasteiger partial charge on any atom is -0.488 e. The molecule has 2 unspecified atom stereocenters. The fourth-order valence-corrected chi connectivity index (χ4v) is 7.07. The van der Waals surface area contributed by atoms with Crippen molar-refractivity contribution in [3.8, 4) is 5.75 Å². The van der Waals surface area contributed by atoms with E-state index in [9.17, 15) is 8.42 Å². The van der Waals surface area contributed by atoms with Crippen molar-refractivity contribution < 1.29 is 17.9 Å². The lowest BCUT2D eigenvalue weighted by Crippen LogP contribution is -2.49. The SMILES string of the molecule is Cc1cc(Nc2ncc(Cl)c(Nc3cn(C)nc3S(=O)(=O)C(C)C)n2)c(OC2CC2)cc1C1CC2CN(C)CC(C1)O2. The first kappa shape index (κ1) is 29.2. The van der Waals surface area contributed by atoms with E-state index in [4.69, 9.17) is 21.1 Å². The van der Waals surface area contributed by atoms with Crippen LogP contribution in [0.4, 0.5) is 23.1 Å². The lowest BCUT2D eigenvalue weighted by Gasteiger charge is -2.43. The predicted molar refractivity (Wildman–Crippen MR) is 162 cm³/mol. The number of hydrogen-bond acceptors (Lipinski definition) is 10. The number of ether oxygens (including phenoxy) is 2. The minimum absolute atomic E-state index is 0.0561. The van der Waals surface area contributed by atoms with Crippen LogP contribution >= 0.6 is 11.6 Å². The number of nitrogens with zero attached hydrogens (tertiary/aromatic N) is 5. The number of aryl methyl sites for hydroxylation is 2. The molecule has 3 aliphatic rings. The molecule has 3 aromatic rings. The molecular formula is C29H38ClN7O4S. The van der Waals surface area contributed by atoms with Gasteiger partial charge in [0, 0.05) is 26.3 Å². The van der Waals surface area contributed by atoms with Gasteiger partial charge in [-0.15, -0.1) is 0 Å². The largest absolute Gasteiger partial charge is 0.488 e. The van der Waals surface area contributed by atoms with Crippen molar-refractivity contribution in [3.05, 3.63) is 40.7 Å². The van der Waals surface area contributed by atoms with Crippen LogP contribution in [0.15, 0.2) is 29.6 Å². The molecule has 2 atom stereocenters. The highest BCUT2D eigenvalue weighted by Gasteiger charge is 2.36. The van der Waals surface area contributed by atoms with Crippen LogP contribution in [0.3, 0.4) is 0 Å². The second-order valence-electron chi connectivity index (χ2n) is 12.0. The maximum absolute atomic E-state index is 12.9. The molecule has 3 fully saturated rings. The number of hydrogen-bond donors (Lipinski definition) is 2. The summed E-state index contributed by atoms with van der Waals surface area (Å²) in [5.41, 5.74) is 3.54. The van der Waals surface area contributed by atoms with E-state index in [1.807, 2.05) is 0 Å². The van der Waals surface area contributed by atoms with Gasteiger partial charge in [-0.25, -0.2) is 13.4 Å². The summed E-state index contributed by atoms with van der Waals surface area (Å²) >= 11 is 6.44. The number of fused-ring (bicyclic) bond motifs is 2. The third-order valence-electron chi connectivity index (χ3n) is 8.07. The summed E-state index contributed by atoms with van der Waals surface area (Å²) in [5.74, 6) is 1.75. The number of likely N-dealkylation sites (tertiary alicyclic amines) is 1. The molecule has 2 aromatic heterocycles. The molecule has 11 nitrogen and oxygen atoms in total. The highest BCUT2D eigenvalue weighted by atomic mass is 35.5. The molecule has 13 heteroatoms. The van der Waals surface area contributed by atoms with Crippen molar-refractivity contribution >= 4 is 44.6 Å². The van der Waals surface area contributed by atoms with E-state index in [2.05, 4.69) is 56.7 Å². The summed E-state index contributed by atoms with van der Waals surface area (Å²) in [6.07, 6.45) is 7.84. The van der Waals surface area contributed by atoms with E-state index in [0.717, 1.165) is 50.2 Å². The molecule has 1 aliphatic carbocycles. The molecule has 0 spiro atoms. The number of aromatic nitrogens is 4. The Morgan fingerprint density at radius 2 is 1.81 bits per heavy atom. The van der Waals surface area contributed by atoms with Crippen LogP contribution in [-0.4, -0.2) is 76.8 Å². The van der Waals surface area contributed by atoms with E-state index in [1.165, 1.54) is 22.0 Å². The van der Waals surface area contributed by atoms with Crippen molar-refractivity contribution in [2.45, 2.75) is 81.0 Å². The van der Waals surface area contributed by atoms with Gasteiger partial charge in [0.15, 0.2) is 5.82 Å². The predicted octanol–water partition coefficient (Wildman–Crippen LogP) is 4.96. The molecule has 1 aromatic carbocycles. The second-order valence-corrected chi connectivity index (χ2v) is 14.9. The number of rotatable bonds is 9. The van der Waals surface area contributed by atoms with Gasteiger partial charge in [0.05, 0.1) is 41.1 Å². The maximum atomic E-state index is 12.9. The summed E-state index contributed by atoms with van der Waals surface area (Å²) in [6, 6.07) is 4.28. The molecule has 6 rings (SSSR count). The molecule has 1 saturated carbocycles. The zero-order chi connectivity index (χ0) is 29.8. The van der Waals surface area contributed by atoms with Crippen molar-refractivity contribution in [3.63, 3.8) is 0 Å². The average Bonchev–Trinajstić information content (AvgIpc) is 3.65. The second kappa shape index (κ2) is 11.3. The number of likely N-dealkylation sites (N-methyl/N-ethyl adjacent to an activating group) is 1. The van der Waals surface area contributed by atoms with Crippen LogP contribution < -0.4 is 15.4 Å². The molecular weight excluding hydrogens is 578 g/mol. The van der Waals surface area contributed by atoms with Gasteiger partial charge < -0.3 is 25.0 Å². The van der Waals surface area contributed by atoms with Crippen LogP contribution in [0.1, 0.15) is 56.6 Å². The van der Waals surface area contributed by atoms with Crippen LogP contribution in [0.2, 0.25) is 5.02 Å². The Morgan fingerprint density at radius 1 is 1.10 bits per heavy atom. The van der Waals surface area contributed by atoms with Gasteiger partial charge in [-0.3, -0.25) is 4.68 Å². The molecule has 0 radical (unpaired) electrons. The summed E-state index contributed by atoms with van der Waals surface area (Å²) in [7, 11) is 0.191. The van der Waals surface area contributed by atoms with E-state index >= 15 is 0 Å². The molecule has 2 aliphatic heterocycles. The third-order valence-corrected chi connectivity index (χ3v) is 10.4. The minimum atomic E-state index is -3.64. The monoisotopic (exact) mass is 615 g/mol. The fourth-order valence-electron chi connectivity index (χ4n) is 5.83. The molecule has 2 N–H and O–H groups in total. The number of morpholine rings is 1. The van der Waals surface area contributed by atoms with Crippen molar-refractivity contribution in [2.75, 3.05) is 30.8 Å². The molecule has 0 amide bonds. The standard InChI is InChI=1S/C29H38ClN7O4S/c1-16(2)42(38,39)28-25(15-37(5)35-28)32-27-23(30)12-31-29(34-27)33-24-8-17(3)22(11-26(24)41-19-6-7-19)18-9-20-13-36(4)14-21(10-18)40-20/h8,11-12,15-16,18-21H,6-7,9-10,13-14H2,1-5H3,(H2,31,32,33,34). The van der Waals surface area contributed by atoms with Gasteiger partial charge in [-0.05, 0) is 82.7 Å². The Kier molecular flexibility index (Phi) is 7.84. The molecule has 226 valence electrons. The van der Waals surface area contributed by atoms with Gasteiger partial charge in [0.1, 0.15) is 10.8 Å². The first-order valence-electron chi connectivity index (χ1n) is 14.5. The van der Waals surface area contributed by atoms with Crippen molar-refractivity contribution in [2.24, 2.45) is 7.05 Å². The van der Waals surface area contributed by atoms with Crippen LogP contribution in [0.5, 0.6) is 5.75 Å². The summed E-state index contributed by atoms with van der Waals surface area (Å²) in [5, 5.41) is 10.1. The zero-order valence-corrected chi connectivity index (χ0v) is 26.2. The number of nitrogens with one attached hydrogen (secondary N) is 2. The van der Waals surface area contributed by atoms with Gasteiger partial charge in [-0.1, -0.05) is 11.6 Å². The van der Waals surface area contributed by atoms with Crippen molar-refractivity contribution in [1.82, 2.24) is 24.6 Å². The lowest BCUT2D eigenvalue weighted by molar-refractivity contribution is -0.113. The maximum Gasteiger partial charge on any atom is 0.229 e. The number of sulfone groups is 1.